The van der Waals surface area contributed by atoms with E-state index >= 15 is 0 Å². The van der Waals surface area contributed by atoms with E-state index in [4.69, 9.17) is 16.3 Å². The minimum Gasteiger partial charge on any atom is -0.492 e. The van der Waals surface area contributed by atoms with Crippen LogP contribution in [0.25, 0.3) is 5.69 Å². The van der Waals surface area contributed by atoms with E-state index in [0.29, 0.717) is 10.2 Å². The Hall–Kier alpha value is -2.72. The molecule has 11 heteroatoms. The lowest BCUT2D eigenvalue weighted by Gasteiger charge is -2.14. The Morgan fingerprint density at radius 2 is 2.03 bits per heavy atom. The Bertz CT molecular complexity index is 1090. The zero-order chi connectivity index (χ0) is 22.6. The lowest BCUT2D eigenvalue weighted by atomic mass is 10.1. The maximum absolute atomic E-state index is 13.0. The van der Waals surface area contributed by atoms with Crippen molar-refractivity contribution in [1.82, 2.24) is 14.8 Å². The Morgan fingerprint density at radius 3 is 2.71 bits per heavy atom. The summed E-state index contributed by atoms with van der Waals surface area (Å²) in [4.78, 5) is 12.4. The third-order valence-corrected chi connectivity index (χ3v) is 5.51. The van der Waals surface area contributed by atoms with Gasteiger partial charge in [-0.15, -0.1) is 10.2 Å². The maximum atomic E-state index is 13.0. The lowest BCUT2D eigenvalue weighted by molar-refractivity contribution is -0.137. The average Bonchev–Trinajstić information content (AvgIpc) is 3.18. The first kappa shape index (κ1) is 23.0. The van der Waals surface area contributed by atoms with E-state index in [-0.39, 0.29) is 23.8 Å². The summed E-state index contributed by atoms with van der Waals surface area (Å²) in [6.45, 7) is 3.82. The molecule has 0 bridgehead atoms. The molecule has 0 atom stereocenters. The van der Waals surface area contributed by atoms with Crippen LogP contribution in [0.2, 0.25) is 5.02 Å². The van der Waals surface area contributed by atoms with Crippen LogP contribution in [0.3, 0.4) is 0 Å². The maximum Gasteiger partial charge on any atom is 0.416 e. The third kappa shape index (κ3) is 5.71. The van der Waals surface area contributed by atoms with Gasteiger partial charge in [-0.05, 0) is 49.7 Å². The van der Waals surface area contributed by atoms with Crippen LogP contribution in [0.5, 0.6) is 5.75 Å². The summed E-state index contributed by atoms with van der Waals surface area (Å²) >= 11 is 7.26. The number of ether oxygens (including phenoxy) is 1. The SMILES string of the molecule is CCOc1ccc(C(F)(F)F)cc1NC(=O)CSc1nncn1-c1ccc(C)c(Cl)c1. The highest BCUT2D eigenvalue weighted by atomic mass is 35.5. The number of carbonyl (C=O) groups is 1. The summed E-state index contributed by atoms with van der Waals surface area (Å²) in [7, 11) is 0. The molecule has 0 fully saturated rings. The lowest BCUT2D eigenvalue weighted by Crippen LogP contribution is -2.16. The molecule has 164 valence electrons. The second-order valence-corrected chi connectivity index (χ2v) is 7.75. The molecule has 2 aromatic carbocycles. The molecule has 0 spiro atoms. The summed E-state index contributed by atoms with van der Waals surface area (Å²) in [5, 5.41) is 11.4. The van der Waals surface area contributed by atoms with Gasteiger partial charge in [0.1, 0.15) is 12.1 Å². The van der Waals surface area contributed by atoms with Crippen LogP contribution >= 0.6 is 23.4 Å². The van der Waals surface area contributed by atoms with Crippen molar-refractivity contribution in [3.05, 3.63) is 58.9 Å². The number of hydrogen-bond donors (Lipinski definition) is 1. The molecular weight excluding hydrogens is 453 g/mol. The van der Waals surface area contributed by atoms with E-state index in [2.05, 4.69) is 15.5 Å². The van der Waals surface area contributed by atoms with E-state index in [1.54, 1.807) is 17.6 Å². The molecule has 3 rings (SSSR count). The number of alkyl halides is 3. The molecule has 6 nitrogen and oxygen atoms in total. The first-order valence-corrected chi connectivity index (χ1v) is 10.5. The fraction of sp³-hybridized carbons (Fsp3) is 0.250. The fourth-order valence-electron chi connectivity index (χ4n) is 2.63. The summed E-state index contributed by atoms with van der Waals surface area (Å²) in [6, 6.07) is 8.39. The van der Waals surface area contributed by atoms with Crippen LogP contribution in [0.1, 0.15) is 18.1 Å². The standard InChI is InChI=1S/C20H18ClF3N4O2S/c1-3-30-17-7-5-13(20(22,23)24)8-16(17)26-18(29)10-31-19-27-25-11-28(19)14-6-4-12(2)15(21)9-14/h4-9,11H,3,10H2,1-2H3,(H,26,29). The molecule has 1 aromatic heterocycles. The highest BCUT2D eigenvalue weighted by Crippen LogP contribution is 2.35. The van der Waals surface area contributed by atoms with Gasteiger partial charge >= 0.3 is 6.18 Å². The second-order valence-electron chi connectivity index (χ2n) is 6.40. The van der Waals surface area contributed by atoms with Gasteiger partial charge in [-0.2, -0.15) is 13.2 Å². The van der Waals surface area contributed by atoms with Crippen molar-refractivity contribution in [3.63, 3.8) is 0 Å². The molecule has 0 radical (unpaired) electrons. The van der Waals surface area contributed by atoms with Crippen molar-refractivity contribution in [1.29, 1.82) is 0 Å². The summed E-state index contributed by atoms with van der Waals surface area (Å²) < 4.78 is 46.1. The monoisotopic (exact) mass is 470 g/mol. The molecular formula is C20H18ClF3N4O2S. The predicted molar refractivity (Wildman–Crippen MR) is 113 cm³/mol. The number of amides is 1. The molecule has 0 aliphatic carbocycles. The van der Waals surface area contributed by atoms with Crippen LogP contribution in [-0.2, 0) is 11.0 Å². The topological polar surface area (TPSA) is 69.0 Å². The number of thioether (sulfide) groups is 1. The van der Waals surface area contributed by atoms with Gasteiger partial charge < -0.3 is 10.1 Å². The van der Waals surface area contributed by atoms with Gasteiger partial charge in [-0.1, -0.05) is 29.4 Å². The summed E-state index contributed by atoms with van der Waals surface area (Å²) in [5.74, 6) is -0.451. The van der Waals surface area contributed by atoms with E-state index in [9.17, 15) is 18.0 Å². The van der Waals surface area contributed by atoms with Crippen LogP contribution in [0.15, 0.2) is 47.9 Å². The number of nitrogens with one attached hydrogen (secondary N) is 1. The van der Waals surface area contributed by atoms with Crippen molar-refractivity contribution in [2.24, 2.45) is 0 Å². The van der Waals surface area contributed by atoms with Crippen LogP contribution in [-0.4, -0.2) is 33.0 Å². The number of aryl methyl sites for hydroxylation is 1. The van der Waals surface area contributed by atoms with Gasteiger partial charge in [0.2, 0.25) is 5.91 Å². The minimum absolute atomic E-state index is 0.0472. The molecule has 3 aromatic rings. The Morgan fingerprint density at radius 1 is 1.26 bits per heavy atom. The number of aromatic nitrogens is 3. The number of hydrogen-bond acceptors (Lipinski definition) is 5. The molecule has 0 aliphatic heterocycles. The average molecular weight is 471 g/mol. The molecule has 1 N–H and O–H groups in total. The molecule has 31 heavy (non-hydrogen) atoms. The normalized spacial score (nSPS) is 11.4. The smallest absolute Gasteiger partial charge is 0.416 e. The first-order valence-electron chi connectivity index (χ1n) is 9.12. The third-order valence-electron chi connectivity index (χ3n) is 4.16. The summed E-state index contributed by atoms with van der Waals surface area (Å²) in [6.07, 6.45) is -3.05. The van der Waals surface area contributed by atoms with Gasteiger partial charge in [0, 0.05) is 5.02 Å². The van der Waals surface area contributed by atoms with Crippen molar-refractivity contribution in [2.75, 3.05) is 17.7 Å². The van der Waals surface area contributed by atoms with Gasteiger partial charge in [-0.25, -0.2) is 0 Å². The summed E-state index contributed by atoms with van der Waals surface area (Å²) in [5.41, 5.74) is 0.710. The van der Waals surface area contributed by atoms with E-state index in [1.165, 1.54) is 12.4 Å². The largest absolute Gasteiger partial charge is 0.492 e. The van der Waals surface area contributed by atoms with Crippen molar-refractivity contribution < 1.29 is 22.7 Å². The Balaban J connectivity index is 1.73. The molecule has 0 saturated carbocycles. The minimum atomic E-state index is -4.54. The molecule has 1 amide bonds. The predicted octanol–water partition coefficient (Wildman–Crippen LogP) is 5.38. The van der Waals surface area contributed by atoms with Crippen molar-refractivity contribution in [3.8, 4) is 11.4 Å². The number of nitrogens with zero attached hydrogens (tertiary/aromatic N) is 3. The zero-order valence-electron chi connectivity index (χ0n) is 16.5. The van der Waals surface area contributed by atoms with Gasteiger partial charge in [0.05, 0.1) is 29.3 Å². The van der Waals surface area contributed by atoms with Crippen LogP contribution in [0, 0.1) is 6.92 Å². The fourth-order valence-corrected chi connectivity index (χ4v) is 3.54. The molecule has 0 unspecified atom stereocenters. The number of anilines is 1. The van der Waals surface area contributed by atoms with E-state index in [1.807, 2.05) is 19.1 Å². The van der Waals surface area contributed by atoms with Gasteiger partial charge in [0.15, 0.2) is 5.16 Å². The van der Waals surface area contributed by atoms with E-state index in [0.717, 1.165) is 35.1 Å². The second kappa shape index (κ2) is 9.61. The van der Waals surface area contributed by atoms with E-state index < -0.39 is 17.6 Å². The van der Waals surface area contributed by atoms with Gasteiger partial charge in [-0.3, -0.25) is 9.36 Å². The quantitative estimate of drug-likeness (QED) is 0.470. The Kier molecular flexibility index (Phi) is 7.11. The number of halogens is 4. The van der Waals surface area contributed by atoms with Crippen LogP contribution in [0.4, 0.5) is 18.9 Å². The Labute approximate surface area is 185 Å². The highest BCUT2D eigenvalue weighted by Gasteiger charge is 2.31. The van der Waals surface area contributed by atoms with Crippen LogP contribution < -0.4 is 10.1 Å². The zero-order valence-corrected chi connectivity index (χ0v) is 18.1. The first-order chi connectivity index (χ1) is 14.7. The van der Waals surface area contributed by atoms with Crippen molar-refractivity contribution >= 4 is 35.0 Å². The number of benzene rings is 2. The molecule has 0 aliphatic rings. The highest BCUT2D eigenvalue weighted by molar-refractivity contribution is 7.99. The number of carbonyl (C=O) groups excluding carboxylic acids is 1. The molecule has 1 heterocycles. The number of rotatable bonds is 7. The van der Waals surface area contributed by atoms with Crippen molar-refractivity contribution in [2.45, 2.75) is 25.2 Å². The van der Waals surface area contributed by atoms with Gasteiger partial charge in [0.25, 0.3) is 0 Å². The molecule has 0 saturated heterocycles.